The summed E-state index contributed by atoms with van der Waals surface area (Å²) in [5.74, 6) is 0. The van der Waals surface area contributed by atoms with Gasteiger partial charge in [0.2, 0.25) is 0 Å². The SMILES string of the molecule is CCCCc1cc[c-](CCCC)c1CCCC.[Y]. The van der Waals surface area contributed by atoms with Crippen LogP contribution in [0.25, 0.3) is 0 Å². The molecule has 1 radical (unpaired) electrons. The van der Waals surface area contributed by atoms with Crippen molar-refractivity contribution in [1.82, 2.24) is 0 Å². The summed E-state index contributed by atoms with van der Waals surface area (Å²) < 4.78 is 0. The van der Waals surface area contributed by atoms with E-state index in [9.17, 15) is 0 Å². The van der Waals surface area contributed by atoms with Crippen LogP contribution in [0.4, 0.5) is 0 Å². The van der Waals surface area contributed by atoms with Crippen LogP contribution in [0.1, 0.15) is 76.0 Å². The zero-order valence-electron chi connectivity index (χ0n) is 12.6. The minimum Gasteiger partial charge on any atom is -0.210 e. The first-order valence-corrected chi connectivity index (χ1v) is 7.59. The molecule has 0 unspecified atom stereocenters. The molecule has 0 aromatic heterocycles. The van der Waals surface area contributed by atoms with E-state index < -0.39 is 0 Å². The monoisotopic (exact) mass is 322 g/mol. The van der Waals surface area contributed by atoms with E-state index in [1.54, 1.807) is 16.7 Å². The minimum absolute atomic E-state index is 0. The van der Waals surface area contributed by atoms with Gasteiger partial charge in [-0.15, -0.1) is 0 Å². The Kier molecular flexibility index (Phi) is 11.6. The third-order valence-electron chi connectivity index (χ3n) is 3.64. The van der Waals surface area contributed by atoms with E-state index in [4.69, 9.17) is 0 Å². The summed E-state index contributed by atoms with van der Waals surface area (Å²) in [6, 6.07) is 4.79. The number of hydrogen-bond acceptors (Lipinski definition) is 0. The summed E-state index contributed by atoms with van der Waals surface area (Å²) in [4.78, 5) is 0. The van der Waals surface area contributed by atoms with Gasteiger partial charge in [0, 0.05) is 32.7 Å². The Morgan fingerprint density at radius 2 is 1.50 bits per heavy atom. The zero-order valence-corrected chi connectivity index (χ0v) is 15.4. The Bertz CT molecular complexity index is 273. The Hall–Kier alpha value is 0.454. The molecule has 1 aromatic carbocycles. The number of unbranched alkanes of at least 4 members (excludes halogenated alkanes) is 3. The Balaban J connectivity index is 0.00000289. The van der Waals surface area contributed by atoms with Crippen LogP contribution in [-0.2, 0) is 52.0 Å². The zero-order chi connectivity index (χ0) is 12.5. The molecule has 0 aliphatic rings. The van der Waals surface area contributed by atoms with Gasteiger partial charge >= 0.3 is 0 Å². The fraction of sp³-hybridized carbons (Fsp3) is 0.706. The van der Waals surface area contributed by atoms with Crippen molar-refractivity contribution < 1.29 is 32.7 Å². The third kappa shape index (κ3) is 6.07. The summed E-state index contributed by atoms with van der Waals surface area (Å²) in [7, 11) is 0. The van der Waals surface area contributed by atoms with Crippen LogP contribution < -0.4 is 0 Å². The van der Waals surface area contributed by atoms with Crippen molar-refractivity contribution in [1.29, 1.82) is 0 Å². The largest absolute Gasteiger partial charge is 0.210 e. The van der Waals surface area contributed by atoms with E-state index in [0.29, 0.717) is 0 Å². The Morgan fingerprint density at radius 3 is 2.11 bits per heavy atom. The number of rotatable bonds is 9. The van der Waals surface area contributed by atoms with Crippen molar-refractivity contribution in [3.63, 3.8) is 0 Å². The van der Waals surface area contributed by atoms with Gasteiger partial charge < -0.3 is 0 Å². The quantitative estimate of drug-likeness (QED) is 0.532. The maximum absolute atomic E-state index is 2.39. The molecule has 0 nitrogen and oxygen atoms in total. The molecule has 0 bridgehead atoms. The van der Waals surface area contributed by atoms with Crippen molar-refractivity contribution in [2.45, 2.75) is 78.6 Å². The van der Waals surface area contributed by atoms with Gasteiger partial charge in [0.25, 0.3) is 0 Å². The average molecular weight is 322 g/mol. The second kappa shape index (κ2) is 11.3. The normalized spacial score (nSPS) is 10.4. The number of aryl methyl sites for hydroxylation is 2. The van der Waals surface area contributed by atoms with E-state index in [0.717, 1.165) is 0 Å². The van der Waals surface area contributed by atoms with Gasteiger partial charge in [0.1, 0.15) is 0 Å². The fourth-order valence-electron chi connectivity index (χ4n) is 2.49. The van der Waals surface area contributed by atoms with Crippen molar-refractivity contribution in [3.8, 4) is 0 Å². The van der Waals surface area contributed by atoms with Crippen molar-refractivity contribution in [2.24, 2.45) is 0 Å². The molecular formula is C17H29Y-. The van der Waals surface area contributed by atoms with E-state index >= 15 is 0 Å². The van der Waals surface area contributed by atoms with Gasteiger partial charge in [0.15, 0.2) is 0 Å². The van der Waals surface area contributed by atoms with Gasteiger partial charge in [-0.3, -0.25) is 0 Å². The minimum atomic E-state index is 0. The molecular weight excluding hydrogens is 293 g/mol. The third-order valence-corrected chi connectivity index (χ3v) is 3.64. The average Bonchev–Trinajstić information content (AvgIpc) is 2.73. The fourth-order valence-corrected chi connectivity index (χ4v) is 2.49. The molecule has 0 aliphatic heterocycles. The second-order valence-electron chi connectivity index (χ2n) is 5.17. The molecule has 0 amide bonds. The molecule has 0 saturated carbocycles. The Morgan fingerprint density at radius 1 is 0.889 bits per heavy atom. The van der Waals surface area contributed by atoms with Crippen molar-refractivity contribution in [2.75, 3.05) is 0 Å². The van der Waals surface area contributed by atoms with E-state index in [-0.39, 0.29) is 32.7 Å². The molecule has 1 heteroatoms. The first kappa shape index (κ1) is 18.5. The maximum Gasteiger partial charge on any atom is 0 e. The van der Waals surface area contributed by atoms with Crippen molar-refractivity contribution in [3.05, 3.63) is 28.8 Å². The van der Waals surface area contributed by atoms with Crippen LogP contribution in [0.3, 0.4) is 0 Å². The van der Waals surface area contributed by atoms with Gasteiger partial charge in [-0.1, -0.05) is 78.6 Å². The van der Waals surface area contributed by atoms with E-state index in [1.165, 1.54) is 57.8 Å². The molecule has 0 saturated heterocycles. The summed E-state index contributed by atoms with van der Waals surface area (Å²) in [5.41, 5.74) is 4.99. The van der Waals surface area contributed by atoms with E-state index in [1.807, 2.05) is 0 Å². The molecule has 0 fully saturated rings. The number of hydrogen-bond donors (Lipinski definition) is 0. The van der Waals surface area contributed by atoms with Gasteiger partial charge in [-0.2, -0.15) is 22.8 Å². The molecule has 1 aromatic rings. The molecule has 0 N–H and O–H groups in total. The molecule has 101 valence electrons. The van der Waals surface area contributed by atoms with Gasteiger partial charge in [-0.05, 0) is 0 Å². The van der Waals surface area contributed by atoms with Crippen LogP contribution in [0, 0.1) is 0 Å². The predicted octanol–water partition coefficient (Wildman–Crippen LogP) is 5.43. The molecule has 0 heterocycles. The maximum atomic E-state index is 2.39. The topological polar surface area (TPSA) is 0 Å². The second-order valence-corrected chi connectivity index (χ2v) is 5.17. The summed E-state index contributed by atoms with van der Waals surface area (Å²) in [5, 5.41) is 0. The van der Waals surface area contributed by atoms with Crippen LogP contribution >= 0.6 is 0 Å². The molecule has 0 aliphatic carbocycles. The van der Waals surface area contributed by atoms with Gasteiger partial charge in [-0.25, -0.2) is 6.07 Å². The molecule has 0 atom stereocenters. The summed E-state index contributed by atoms with van der Waals surface area (Å²) in [6.07, 6.45) is 11.9. The van der Waals surface area contributed by atoms with E-state index in [2.05, 4.69) is 32.9 Å². The molecule has 1 rings (SSSR count). The summed E-state index contributed by atoms with van der Waals surface area (Å²) in [6.45, 7) is 6.86. The smallest absolute Gasteiger partial charge is 0 e. The first-order chi connectivity index (χ1) is 8.33. The standard InChI is InChI=1S/C17H29.Y/c1-4-7-10-15-13-14-16(11-8-5-2)17(15)12-9-6-3;/h13-14H,4-12H2,1-3H3;/q-1;. The Labute approximate surface area is 139 Å². The molecule has 0 spiro atoms. The first-order valence-electron chi connectivity index (χ1n) is 7.59. The molecule has 18 heavy (non-hydrogen) atoms. The van der Waals surface area contributed by atoms with Crippen LogP contribution in [0.2, 0.25) is 0 Å². The van der Waals surface area contributed by atoms with Crippen molar-refractivity contribution >= 4 is 0 Å². The van der Waals surface area contributed by atoms with Crippen LogP contribution in [0.15, 0.2) is 12.1 Å². The summed E-state index contributed by atoms with van der Waals surface area (Å²) >= 11 is 0. The van der Waals surface area contributed by atoms with Gasteiger partial charge in [0.05, 0.1) is 0 Å². The van der Waals surface area contributed by atoms with Crippen LogP contribution in [-0.4, -0.2) is 0 Å². The predicted molar refractivity (Wildman–Crippen MR) is 77.9 cm³/mol. The van der Waals surface area contributed by atoms with Crippen LogP contribution in [0.5, 0.6) is 0 Å².